The fraction of sp³-hybridized carbons (Fsp3) is 0.625. The van der Waals surface area contributed by atoms with Gasteiger partial charge in [0, 0.05) is 37.9 Å². The third kappa shape index (κ3) is 4.30. The van der Waals surface area contributed by atoms with Crippen molar-refractivity contribution in [3.05, 3.63) is 30.1 Å². The van der Waals surface area contributed by atoms with Gasteiger partial charge >= 0.3 is 0 Å². The Balaban J connectivity index is 1.89. The Labute approximate surface area is 121 Å². The van der Waals surface area contributed by atoms with Crippen molar-refractivity contribution in [2.75, 3.05) is 19.6 Å². The van der Waals surface area contributed by atoms with Crippen LogP contribution in [0.3, 0.4) is 0 Å². The van der Waals surface area contributed by atoms with Gasteiger partial charge in [0.15, 0.2) is 0 Å². The molecule has 1 saturated heterocycles. The van der Waals surface area contributed by atoms with Crippen LogP contribution in [0.25, 0.3) is 0 Å². The zero-order chi connectivity index (χ0) is 14.2. The molecule has 1 amide bonds. The van der Waals surface area contributed by atoms with Crippen LogP contribution in [0, 0.1) is 0 Å². The van der Waals surface area contributed by atoms with Gasteiger partial charge in [0.05, 0.1) is 0 Å². The van der Waals surface area contributed by atoms with Crippen molar-refractivity contribution in [1.82, 2.24) is 15.2 Å². The second-order valence-electron chi connectivity index (χ2n) is 5.45. The molecule has 4 heteroatoms. The van der Waals surface area contributed by atoms with Crippen molar-refractivity contribution in [2.45, 2.75) is 45.1 Å². The highest BCUT2D eigenvalue weighted by atomic mass is 16.2. The first-order valence-corrected chi connectivity index (χ1v) is 7.70. The van der Waals surface area contributed by atoms with Crippen molar-refractivity contribution >= 4 is 5.91 Å². The summed E-state index contributed by atoms with van der Waals surface area (Å²) in [6.07, 6.45) is 8.30. The predicted octanol–water partition coefficient (Wildman–Crippen LogP) is 2.00. The molecule has 0 aromatic carbocycles. The van der Waals surface area contributed by atoms with Crippen LogP contribution in [0.1, 0.15) is 38.2 Å². The van der Waals surface area contributed by atoms with E-state index >= 15 is 0 Å². The van der Waals surface area contributed by atoms with Gasteiger partial charge in [-0.05, 0) is 43.9 Å². The lowest BCUT2D eigenvalue weighted by molar-refractivity contribution is -0.133. The highest BCUT2D eigenvalue weighted by molar-refractivity contribution is 5.76. The molecule has 0 aliphatic carbocycles. The van der Waals surface area contributed by atoms with E-state index in [-0.39, 0.29) is 5.91 Å². The maximum atomic E-state index is 12.5. The van der Waals surface area contributed by atoms with Gasteiger partial charge in [-0.25, -0.2) is 0 Å². The van der Waals surface area contributed by atoms with Gasteiger partial charge in [-0.2, -0.15) is 0 Å². The van der Waals surface area contributed by atoms with E-state index in [0.29, 0.717) is 12.5 Å². The summed E-state index contributed by atoms with van der Waals surface area (Å²) < 4.78 is 0. The molecule has 2 heterocycles. The number of amides is 1. The summed E-state index contributed by atoms with van der Waals surface area (Å²) in [6, 6.07) is 4.34. The van der Waals surface area contributed by atoms with Gasteiger partial charge in [0.25, 0.3) is 0 Å². The number of aromatic nitrogens is 1. The smallest absolute Gasteiger partial charge is 0.223 e. The molecular formula is C16H25N3O. The normalized spacial score (nSPS) is 18.8. The van der Waals surface area contributed by atoms with Crippen LogP contribution < -0.4 is 5.32 Å². The summed E-state index contributed by atoms with van der Waals surface area (Å²) in [5.41, 5.74) is 1.14. The monoisotopic (exact) mass is 275 g/mol. The number of rotatable bonds is 6. The molecule has 110 valence electrons. The quantitative estimate of drug-likeness (QED) is 0.863. The SMILES string of the molecule is CCCN(C(=O)CCc1cccnc1)C1CCCNC1. The van der Waals surface area contributed by atoms with Crippen molar-refractivity contribution < 1.29 is 4.79 Å². The van der Waals surface area contributed by atoms with E-state index < -0.39 is 0 Å². The van der Waals surface area contributed by atoms with Crippen LogP contribution in [-0.2, 0) is 11.2 Å². The summed E-state index contributed by atoms with van der Waals surface area (Å²) >= 11 is 0. The molecule has 0 bridgehead atoms. The molecule has 1 atom stereocenters. The molecule has 4 nitrogen and oxygen atoms in total. The Morgan fingerprint density at radius 2 is 2.45 bits per heavy atom. The molecule has 1 unspecified atom stereocenters. The Hall–Kier alpha value is -1.42. The minimum Gasteiger partial charge on any atom is -0.338 e. The molecule has 20 heavy (non-hydrogen) atoms. The lowest BCUT2D eigenvalue weighted by Gasteiger charge is -2.34. The van der Waals surface area contributed by atoms with Gasteiger partial charge < -0.3 is 10.2 Å². The van der Waals surface area contributed by atoms with Crippen LogP contribution in [0.5, 0.6) is 0 Å². The number of hydrogen-bond acceptors (Lipinski definition) is 3. The van der Waals surface area contributed by atoms with E-state index in [0.717, 1.165) is 44.5 Å². The first-order valence-electron chi connectivity index (χ1n) is 7.70. The Morgan fingerprint density at radius 3 is 3.10 bits per heavy atom. The van der Waals surface area contributed by atoms with Crippen molar-refractivity contribution in [1.29, 1.82) is 0 Å². The van der Waals surface area contributed by atoms with Crippen LogP contribution in [-0.4, -0.2) is 41.5 Å². The number of pyridine rings is 1. The van der Waals surface area contributed by atoms with E-state index in [1.54, 1.807) is 6.20 Å². The molecule has 0 radical (unpaired) electrons. The lowest BCUT2D eigenvalue weighted by atomic mass is 10.0. The second-order valence-corrected chi connectivity index (χ2v) is 5.45. The van der Waals surface area contributed by atoms with Crippen molar-refractivity contribution in [2.24, 2.45) is 0 Å². The van der Waals surface area contributed by atoms with Crippen LogP contribution in [0.15, 0.2) is 24.5 Å². The maximum absolute atomic E-state index is 12.5. The van der Waals surface area contributed by atoms with Crippen molar-refractivity contribution in [3.63, 3.8) is 0 Å². The van der Waals surface area contributed by atoms with Gasteiger partial charge in [0.1, 0.15) is 0 Å². The minimum atomic E-state index is 0.282. The second kappa shape index (κ2) is 8.00. The summed E-state index contributed by atoms with van der Waals surface area (Å²) in [6.45, 7) is 5.04. The topological polar surface area (TPSA) is 45.2 Å². The van der Waals surface area contributed by atoms with E-state index in [1.165, 1.54) is 6.42 Å². The first kappa shape index (κ1) is 15.0. The van der Waals surface area contributed by atoms with E-state index in [1.807, 2.05) is 18.3 Å². The van der Waals surface area contributed by atoms with Crippen LogP contribution in [0.4, 0.5) is 0 Å². The largest absolute Gasteiger partial charge is 0.338 e. The average Bonchev–Trinajstić information content (AvgIpc) is 2.52. The van der Waals surface area contributed by atoms with Gasteiger partial charge in [-0.1, -0.05) is 13.0 Å². The zero-order valence-corrected chi connectivity index (χ0v) is 12.3. The number of hydrogen-bond donors (Lipinski definition) is 1. The molecule has 1 aliphatic rings. The third-order valence-electron chi connectivity index (χ3n) is 3.85. The summed E-state index contributed by atoms with van der Waals surface area (Å²) in [5, 5.41) is 3.40. The van der Waals surface area contributed by atoms with Crippen LogP contribution in [0.2, 0.25) is 0 Å². The Kier molecular flexibility index (Phi) is 5.99. The number of carbonyl (C=O) groups is 1. The fourth-order valence-corrected chi connectivity index (χ4v) is 2.79. The van der Waals surface area contributed by atoms with E-state index in [4.69, 9.17) is 0 Å². The highest BCUT2D eigenvalue weighted by Crippen LogP contribution is 2.13. The highest BCUT2D eigenvalue weighted by Gasteiger charge is 2.24. The molecule has 2 rings (SSSR count). The lowest BCUT2D eigenvalue weighted by Crippen LogP contribution is -2.49. The summed E-state index contributed by atoms with van der Waals surface area (Å²) in [5.74, 6) is 0.282. The van der Waals surface area contributed by atoms with E-state index in [2.05, 4.69) is 22.1 Å². The summed E-state index contributed by atoms with van der Waals surface area (Å²) in [7, 11) is 0. The van der Waals surface area contributed by atoms with E-state index in [9.17, 15) is 4.79 Å². The molecule has 1 aromatic rings. The average molecular weight is 275 g/mol. The third-order valence-corrected chi connectivity index (χ3v) is 3.85. The van der Waals surface area contributed by atoms with Gasteiger partial charge in [-0.3, -0.25) is 9.78 Å². The molecule has 1 N–H and O–H groups in total. The molecule has 0 spiro atoms. The van der Waals surface area contributed by atoms with Gasteiger partial charge in [0.2, 0.25) is 5.91 Å². The number of nitrogens with one attached hydrogen (secondary N) is 1. The summed E-state index contributed by atoms with van der Waals surface area (Å²) in [4.78, 5) is 18.7. The molecule has 1 fully saturated rings. The van der Waals surface area contributed by atoms with Gasteiger partial charge in [-0.15, -0.1) is 0 Å². The first-order chi connectivity index (χ1) is 9.81. The van der Waals surface area contributed by atoms with Crippen LogP contribution >= 0.6 is 0 Å². The number of nitrogens with zero attached hydrogens (tertiary/aromatic N) is 2. The molecule has 1 aromatic heterocycles. The predicted molar refractivity (Wildman–Crippen MR) is 80.5 cm³/mol. The minimum absolute atomic E-state index is 0.282. The zero-order valence-electron chi connectivity index (χ0n) is 12.3. The standard InChI is InChI=1S/C16H25N3O/c1-2-11-19(15-6-4-10-18-13-15)16(20)8-7-14-5-3-9-17-12-14/h3,5,9,12,15,18H,2,4,6-8,10-11,13H2,1H3. The van der Waals surface area contributed by atoms with Crippen molar-refractivity contribution in [3.8, 4) is 0 Å². The number of aryl methyl sites for hydroxylation is 1. The molecule has 0 saturated carbocycles. The Bertz CT molecular complexity index is 401. The number of carbonyl (C=O) groups excluding carboxylic acids is 1. The Morgan fingerprint density at radius 1 is 1.55 bits per heavy atom. The fourth-order valence-electron chi connectivity index (χ4n) is 2.79. The molecular weight excluding hydrogens is 250 g/mol. The molecule has 1 aliphatic heterocycles. The number of piperidine rings is 1. The maximum Gasteiger partial charge on any atom is 0.223 e.